The number of hydroxylamine groups is 2. The summed E-state index contributed by atoms with van der Waals surface area (Å²) in [6.45, 7) is 11.4. The Balaban J connectivity index is 1.30. The zero-order chi connectivity index (χ0) is 41.2. The number of aliphatic hydroxyl groups is 2. The SMILES string of the molecule is CCOc1c(CN2O[C@@H](CO)[C@@H]([C@H](C)O)[C@H]2C(=O)N[C@H]2C[C@H]3C[C@@H]([C@@H]2C)C3(C)C)cccc1-c1cc(C(=O)N[C@H](Cc2ccccc2)CN(C)C)cc(N(C)C)c1. The number of likely N-dealkylation sites (N-methyl/N-ethyl adjacent to an activating group) is 1. The third kappa shape index (κ3) is 9.18. The molecule has 3 aromatic rings. The Morgan fingerprint density at radius 3 is 2.39 bits per heavy atom. The number of anilines is 1. The molecule has 9 atom stereocenters. The molecule has 310 valence electrons. The lowest BCUT2D eigenvalue weighted by molar-refractivity contribution is -0.183. The van der Waals surface area contributed by atoms with E-state index in [-0.39, 0.29) is 42.5 Å². The van der Waals surface area contributed by atoms with Crippen LogP contribution in [0, 0.1) is 29.1 Å². The van der Waals surface area contributed by atoms with Crippen LogP contribution in [0.3, 0.4) is 0 Å². The number of carbonyl (C=O) groups is 2. The van der Waals surface area contributed by atoms with Gasteiger partial charge in [0.25, 0.3) is 5.91 Å². The number of fused-ring (bicyclic) bond motifs is 2. The summed E-state index contributed by atoms with van der Waals surface area (Å²) in [6, 6.07) is 21.0. The number of nitrogens with one attached hydrogen (secondary N) is 2. The van der Waals surface area contributed by atoms with E-state index in [1.165, 1.54) is 6.42 Å². The van der Waals surface area contributed by atoms with Crippen LogP contribution in [-0.4, -0.2) is 110 Å². The standard InChI is InChI=1S/C46H65N5O6/c1-10-56-43-31(25-51-42(41(29(3)53)40(27-52)57-51)45(55)48-39-24-34-23-38(28(39)2)46(34,4)5)17-14-18-37(43)32-20-33(22-36(21-32)50(8)9)44(54)47-35(26-49(6)7)19-30-15-12-11-13-16-30/h11-18,20-22,28-29,34-35,38-42,52-53H,10,19,23-27H2,1-9H3,(H,47,54)(H,48,55)/t28-,29-,34+,35+,38-,39-,40-,41+,42-/m0/s1. The van der Waals surface area contributed by atoms with E-state index in [0.29, 0.717) is 48.6 Å². The maximum atomic E-state index is 14.4. The Morgan fingerprint density at radius 2 is 1.77 bits per heavy atom. The largest absolute Gasteiger partial charge is 0.493 e. The Morgan fingerprint density at radius 1 is 1.04 bits per heavy atom. The van der Waals surface area contributed by atoms with E-state index < -0.39 is 24.2 Å². The summed E-state index contributed by atoms with van der Waals surface area (Å²) in [4.78, 5) is 38.8. The number of carbonyl (C=O) groups excluding carboxylic acids is 2. The van der Waals surface area contributed by atoms with Crippen LogP contribution >= 0.6 is 0 Å². The summed E-state index contributed by atoms with van der Waals surface area (Å²) in [5.41, 5.74) is 5.21. The van der Waals surface area contributed by atoms with Crippen molar-refractivity contribution in [3.8, 4) is 16.9 Å². The van der Waals surface area contributed by atoms with Gasteiger partial charge in [-0.3, -0.25) is 14.4 Å². The van der Waals surface area contributed by atoms with Crippen LogP contribution < -0.4 is 20.3 Å². The second-order valence-corrected chi connectivity index (χ2v) is 17.7. The van der Waals surface area contributed by atoms with E-state index >= 15 is 0 Å². The second kappa shape index (κ2) is 17.9. The highest BCUT2D eigenvalue weighted by Gasteiger charge is 2.57. The summed E-state index contributed by atoms with van der Waals surface area (Å²) < 4.78 is 6.40. The molecule has 3 saturated carbocycles. The molecule has 57 heavy (non-hydrogen) atoms. The van der Waals surface area contributed by atoms with Crippen molar-refractivity contribution in [2.75, 3.05) is 52.8 Å². The molecule has 3 aromatic carbocycles. The summed E-state index contributed by atoms with van der Waals surface area (Å²) in [5.74, 6) is 1.06. The zero-order valence-electron chi connectivity index (χ0n) is 35.4. The van der Waals surface area contributed by atoms with Crippen LogP contribution in [-0.2, 0) is 22.6 Å². The minimum absolute atomic E-state index is 0.0353. The maximum Gasteiger partial charge on any atom is 0.251 e. The first-order valence-corrected chi connectivity index (χ1v) is 20.7. The molecular formula is C46H65N5O6. The van der Waals surface area contributed by atoms with Gasteiger partial charge in [0.2, 0.25) is 5.91 Å². The van der Waals surface area contributed by atoms with Crippen molar-refractivity contribution in [1.82, 2.24) is 20.6 Å². The van der Waals surface area contributed by atoms with Crippen molar-refractivity contribution in [3.63, 3.8) is 0 Å². The van der Waals surface area contributed by atoms with Gasteiger partial charge in [-0.25, -0.2) is 0 Å². The Labute approximate surface area is 339 Å². The molecule has 1 aliphatic heterocycles. The van der Waals surface area contributed by atoms with E-state index in [9.17, 15) is 19.8 Å². The highest BCUT2D eigenvalue weighted by Crippen LogP contribution is 2.61. The van der Waals surface area contributed by atoms with Gasteiger partial charge >= 0.3 is 0 Å². The van der Waals surface area contributed by atoms with Gasteiger partial charge in [-0.05, 0) is 99.7 Å². The smallest absolute Gasteiger partial charge is 0.251 e. The molecule has 11 heteroatoms. The van der Waals surface area contributed by atoms with Gasteiger partial charge in [-0.1, -0.05) is 69.3 Å². The topological polar surface area (TPSA) is 127 Å². The predicted molar refractivity (Wildman–Crippen MR) is 225 cm³/mol. The zero-order valence-corrected chi connectivity index (χ0v) is 35.4. The number of amides is 2. The molecule has 4 N–H and O–H groups in total. The van der Waals surface area contributed by atoms with E-state index in [1.807, 2.05) is 94.6 Å². The van der Waals surface area contributed by atoms with Crippen molar-refractivity contribution in [3.05, 3.63) is 83.4 Å². The molecule has 1 saturated heterocycles. The molecular weight excluding hydrogens is 719 g/mol. The number of benzene rings is 3. The molecule has 11 nitrogen and oxygen atoms in total. The second-order valence-electron chi connectivity index (χ2n) is 17.7. The van der Waals surface area contributed by atoms with E-state index in [2.05, 4.69) is 48.4 Å². The van der Waals surface area contributed by atoms with Gasteiger partial charge in [-0.15, -0.1) is 0 Å². The number of rotatable bonds is 16. The monoisotopic (exact) mass is 783 g/mol. The lowest BCUT2D eigenvalue weighted by atomic mass is 9.45. The molecule has 0 radical (unpaired) electrons. The quantitative estimate of drug-likeness (QED) is 0.152. The highest BCUT2D eigenvalue weighted by molar-refractivity contribution is 5.97. The molecule has 0 spiro atoms. The molecule has 4 aliphatic rings. The van der Waals surface area contributed by atoms with Crippen LogP contribution in [0.2, 0.25) is 0 Å². The van der Waals surface area contributed by atoms with Crippen LogP contribution in [0.25, 0.3) is 11.1 Å². The summed E-state index contributed by atoms with van der Waals surface area (Å²) in [7, 11) is 7.92. The fourth-order valence-electron chi connectivity index (χ4n) is 9.83. The summed E-state index contributed by atoms with van der Waals surface area (Å²) >= 11 is 0. The number of hydrogen-bond acceptors (Lipinski definition) is 9. The average Bonchev–Trinajstić information content (AvgIpc) is 3.54. The van der Waals surface area contributed by atoms with Crippen molar-refractivity contribution in [1.29, 1.82) is 0 Å². The van der Waals surface area contributed by atoms with E-state index in [1.54, 1.807) is 12.0 Å². The Kier molecular flexibility index (Phi) is 13.4. The molecule has 4 fully saturated rings. The number of ether oxygens (including phenoxy) is 1. The molecule has 1 heterocycles. The molecule has 3 aliphatic carbocycles. The van der Waals surface area contributed by atoms with E-state index in [4.69, 9.17) is 9.57 Å². The van der Waals surface area contributed by atoms with Crippen molar-refractivity contribution in [2.45, 2.75) is 90.8 Å². The summed E-state index contributed by atoms with van der Waals surface area (Å²) in [6.07, 6.45) is 1.17. The Bertz CT molecular complexity index is 1850. The lowest BCUT2D eigenvalue weighted by Crippen LogP contribution is -2.62. The minimum Gasteiger partial charge on any atom is -0.493 e. The first-order chi connectivity index (χ1) is 27.1. The highest BCUT2D eigenvalue weighted by atomic mass is 16.7. The van der Waals surface area contributed by atoms with Crippen LogP contribution in [0.15, 0.2) is 66.7 Å². The maximum absolute atomic E-state index is 14.4. The fraction of sp³-hybridized carbons (Fsp3) is 0.565. The van der Waals surface area contributed by atoms with Gasteiger partial charge in [0.05, 0.1) is 25.9 Å². The van der Waals surface area contributed by atoms with Crippen molar-refractivity contribution in [2.24, 2.45) is 29.1 Å². The predicted octanol–water partition coefficient (Wildman–Crippen LogP) is 5.38. The van der Waals surface area contributed by atoms with Gasteiger partial charge in [0, 0.05) is 61.0 Å². The molecule has 0 unspecified atom stereocenters. The van der Waals surface area contributed by atoms with Crippen LogP contribution in [0.1, 0.15) is 68.9 Å². The molecule has 0 aromatic heterocycles. The molecule has 7 rings (SSSR count). The molecule has 2 amide bonds. The normalized spacial score (nSPS) is 26.4. The minimum atomic E-state index is -0.903. The number of para-hydroxylation sites is 1. The lowest BCUT2D eigenvalue weighted by Gasteiger charge is -2.62. The van der Waals surface area contributed by atoms with Gasteiger partial charge < -0.3 is 35.4 Å². The van der Waals surface area contributed by atoms with Crippen LogP contribution in [0.4, 0.5) is 5.69 Å². The van der Waals surface area contributed by atoms with E-state index in [0.717, 1.165) is 34.4 Å². The number of hydrogen-bond donors (Lipinski definition) is 4. The third-order valence-electron chi connectivity index (χ3n) is 13.0. The van der Waals surface area contributed by atoms with Gasteiger partial charge in [0.1, 0.15) is 17.9 Å². The Hall–Kier alpha value is -4.00. The number of aliphatic hydroxyl groups excluding tert-OH is 2. The molecule has 2 bridgehead atoms. The van der Waals surface area contributed by atoms with Gasteiger partial charge in [0.15, 0.2) is 0 Å². The van der Waals surface area contributed by atoms with Crippen molar-refractivity contribution < 1.29 is 29.4 Å². The van der Waals surface area contributed by atoms with Crippen LogP contribution in [0.5, 0.6) is 5.75 Å². The first-order valence-electron chi connectivity index (χ1n) is 20.7. The van der Waals surface area contributed by atoms with Crippen molar-refractivity contribution >= 4 is 17.5 Å². The third-order valence-corrected chi connectivity index (χ3v) is 13.0. The van der Waals surface area contributed by atoms with Gasteiger partial charge in [-0.2, -0.15) is 5.06 Å². The summed E-state index contributed by atoms with van der Waals surface area (Å²) in [5, 5.41) is 29.7. The number of nitrogens with zero attached hydrogens (tertiary/aromatic N) is 3. The first kappa shape index (κ1) is 42.6. The fourth-order valence-corrected chi connectivity index (χ4v) is 9.83. The average molecular weight is 784 g/mol.